The lowest BCUT2D eigenvalue weighted by molar-refractivity contribution is -0.122. The highest BCUT2D eigenvalue weighted by Gasteiger charge is 2.49. The van der Waals surface area contributed by atoms with Crippen LogP contribution in [0.1, 0.15) is 25.7 Å². The number of hydrogen-bond acceptors (Lipinski definition) is 2. The summed E-state index contributed by atoms with van der Waals surface area (Å²) >= 11 is 12.1. The summed E-state index contributed by atoms with van der Waals surface area (Å²) in [5.41, 5.74) is 0.415. The molecule has 0 N–H and O–H groups in total. The van der Waals surface area contributed by atoms with Gasteiger partial charge in [0.25, 0.3) is 0 Å². The molecular formula is C14H13Cl2NO2. The van der Waals surface area contributed by atoms with E-state index in [9.17, 15) is 9.59 Å². The molecule has 2 fully saturated rings. The van der Waals surface area contributed by atoms with Gasteiger partial charge in [0.1, 0.15) is 0 Å². The highest BCUT2D eigenvalue weighted by atomic mass is 35.5. The zero-order valence-corrected chi connectivity index (χ0v) is 11.7. The third-order valence-corrected chi connectivity index (χ3v) is 4.82. The predicted octanol–water partition coefficient (Wildman–Crippen LogP) is 3.67. The molecule has 1 saturated carbocycles. The van der Waals surface area contributed by atoms with E-state index in [1.54, 1.807) is 18.2 Å². The van der Waals surface area contributed by atoms with Gasteiger partial charge in [-0.1, -0.05) is 42.1 Å². The number of anilines is 1. The van der Waals surface area contributed by atoms with E-state index in [2.05, 4.69) is 0 Å². The molecule has 19 heavy (non-hydrogen) atoms. The van der Waals surface area contributed by atoms with Crippen molar-refractivity contribution < 1.29 is 9.59 Å². The fraction of sp³-hybridized carbons (Fsp3) is 0.429. The maximum absolute atomic E-state index is 12.4. The van der Waals surface area contributed by atoms with E-state index in [1.807, 2.05) is 0 Å². The number of carbonyl (C=O) groups is 2. The lowest BCUT2D eigenvalue weighted by Gasteiger charge is -2.19. The topological polar surface area (TPSA) is 37.4 Å². The number of halogens is 2. The molecular weight excluding hydrogens is 285 g/mol. The number of imide groups is 1. The van der Waals surface area contributed by atoms with E-state index < -0.39 is 0 Å². The minimum atomic E-state index is -0.170. The second kappa shape index (κ2) is 4.80. The van der Waals surface area contributed by atoms with Crippen LogP contribution in [0.3, 0.4) is 0 Å². The van der Waals surface area contributed by atoms with Gasteiger partial charge in [0.05, 0.1) is 27.6 Å². The summed E-state index contributed by atoms with van der Waals surface area (Å²) in [7, 11) is 0. The van der Waals surface area contributed by atoms with Gasteiger partial charge in [0, 0.05) is 0 Å². The van der Waals surface area contributed by atoms with Crippen LogP contribution in [0, 0.1) is 11.8 Å². The molecule has 0 unspecified atom stereocenters. The molecule has 3 nitrogen and oxygen atoms in total. The highest BCUT2D eigenvalue weighted by Crippen LogP contribution is 2.42. The summed E-state index contributed by atoms with van der Waals surface area (Å²) in [5.74, 6) is -0.592. The Labute approximate surface area is 121 Å². The Morgan fingerprint density at radius 3 is 2.16 bits per heavy atom. The Bertz CT molecular complexity index is 534. The monoisotopic (exact) mass is 297 g/mol. The molecule has 0 radical (unpaired) electrons. The molecule has 1 aliphatic heterocycles. The Kier molecular flexibility index (Phi) is 3.27. The van der Waals surface area contributed by atoms with Crippen LogP contribution in [0.4, 0.5) is 5.69 Å². The molecule has 2 atom stereocenters. The van der Waals surface area contributed by atoms with Crippen molar-refractivity contribution >= 4 is 40.7 Å². The molecule has 1 aromatic carbocycles. The molecule has 0 spiro atoms. The minimum absolute atomic E-state index is 0.126. The maximum Gasteiger partial charge on any atom is 0.237 e. The van der Waals surface area contributed by atoms with Crippen molar-refractivity contribution in [3.63, 3.8) is 0 Å². The average molecular weight is 298 g/mol. The lowest BCUT2D eigenvalue weighted by atomic mass is 9.81. The lowest BCUT2D eigenvalue weighted by Crippen LogP contribution is -2.31. The largest absolute Gasteiger partial charge is 0.274 e. The average Bonchev–Trinajstić information content (AvgIpc) is 2.67. The SMILES string of the molecule is O=C1[C@@H]2CCCC[C@H]2C(=O)N1c1cccc(Cl)c1Cl. The van der Waals surface area contributed by atoms with E-state index in [4.69, 9.17) is 23.2 Å². The van der Waals surface area contributed by atoms with Crippen molar-refractivity contribution in [2.24, 2.45) is 11.8 Å². The van der Waals surface area contributed by atoms with Gasteiger partial charge in [0.2, 0.25) is 11.8 Å². The van der Waals surface area contributed by atoms with E-state index in [-0.39, 0.29) is 28.7 Å². The molecule has 0 bridgehead atoms. The van der Waals surface area contributed by atoms with Gasteiger partial charge in [-0.25, -0.2) is 4.90 Å². The van der Waals surface area contributed by atoms with Crippen LogP contribution in [0.2, 0.25) is 10.0 Å². The molecule has 2 aliphatic rings. The second-order valence-corrected chi connectivity index (χ2v) is 5.87. The zero-order valence-electron chi connectivity index (χ0n) is 10.2. The van der Waals surface area contributed by atoms with Gasteiger partial charge < -0.3 is 0 Å². The van der Waals surface area contributed by atoms with Crippen LogP contribution in [-0.4, -0.2) is 11.8 Å². The summed E-state index contributed by atoms with van der Waals surface area (Å²) in [5, 5.41) is 0.624. The summed E-state index contributed by atoms with van der Waals surface area (Å²) < 4.78 is 0. The second-order valence-electron chi connectivity index (χ2n) is 5.08. The van der Waals surface area contributed by atoms with Crippen LogP contribution in [-0.2, 0) is 9.59 Å². The molecule has 1 aliphatic carbocycles. The third kappa shape index (κ3) is 1.96. The summed E-state index contributed by atoms with van der Waals surface area (Å²) in [6.07, 6.45) is 3.61. The number of benzene rings is 1. The van der Waals surface area contributed by atoms with Crippen molar-refractivity contribution in [2.75, 3.05) is 4.90 Å². The first kappa shape index (κ1) is 12.9. The molecule has 0 aromatic heterocycles. The first-order valence-corrected chi connectivity index (χ1v) is 7.18. The predicted molar refractivity (Wildman–Crippen MR) is 74.4 cm³/mol. The van der Waals surface area contributed by atoms with Crippen LogP contribution >= 0.6 is 23.2 Å². The molecule has 1 heterocycles. The number of carbonyl (C=O) groups excluding carboxylic acids is 2. The first-order valence-electron chi connectivity index (χ1n) is 6.43. The van der Waals surface area contributed by atoms with Gasteiger partial charge >= 0.3 is 0 Å². The Balaban J connectivity index is 2.03. The zero-order chi connectivity index (χ0) is 13.6. The Hall–Kier alpha value is -1.06. The van der Waals surface area contributed by atoms with Gasteiger partial charge in [-0.2, -0.15) is 0 Å². The molecule has 5 heteroatoms. The van der Waals surface area contributed by atoms with E-state index in [0.29, 0.717) is 10.7 Å². The summed E-state index contributed by atoms with van der Waals surface area (Å²) in [4.78, 5) is 26.1. The van der Waals surface area contributed by atoms with Crippen molar-refractivity contribution in [1.29, 1.82) is 0 Å². The van der Waals surface area contributed by atoms with Crippen LogP contribution in [0.25, 0.3) is 0 Å². The van der Waals surface area contributed by atoms with Crippen LogP contribution in [0.5, 0.6) is 0 Å². The van der Waals surface area contributed by atoms with Gasteiger partial charge in [-0.3, -0.25) is 9.59 Å². The van der Waals surface area contributed by atoms with Gasteiger partial charge in [0.15, 0.2) is 0 Å². The summed E-state index contributed by atoms with van der Waals surface area (Å²) in [6, 6.07) is 5.01. The highest BCUT2D eigenvalue weighted by molar-refractivity contribution is 6.44. The van der Waals surface area contributed by atoms with Crippen LogP contribution < -0.4 is 4.90 Å². The third-order valence-electron chi connectivity index (χ3n) is 4.01. The minimum Gasteiger partial charge on any atom is -0.274 e. The number of rotatable bonds is 1. The fourth-order valence-corrected chi connectivity index (χ4v) is 3.44. The fourth-order valence-electron chi connectivity index (χ4n) is 3.06. The Morgan fingerprint density at radius 1 is 1.00 bits per heavy atom. The normalized spacial score (nSPS) is 26.7. The van der Waals surface area contributed by atoms with Crippen LogP contribution in [0.15, 0.2) is 18.2 Å². The van der Waals surface area contributed by atoms with Crippen molar-refractivity contribution in [3.8, 4) is 0 Å². The van der Waals surface area contributed by atoms with Gasteiger partial charge in [-0.15, -0.1) is 0 Å². The van der Waals surface area contributed by atoms with Gasteiger partial charge in [-0.05, 0) is 25.0 Å². The number of fused-ring (bicyclic) bond motifs is 1. The molecule has 1 aromatic rings. The number of hydrogen-bond donors (Lipinski definition) is 0. The van der Waals surface area contributed by atoms with E-state index in [0.717, 1.165) is 25.7 Å². The molecule has 2 amide bonds. The van der Waals surface area contributed by atoms with Crippen molar-refractivity contribution in [2.45, 2.75) is 25.7 Å². The number of amides is 2. The molecule has 3 rings (SSSR count). The molecule has 100 valence electrons. The number of nitrogens with zero attached hydrogens (tertiary/aromatic N) is 1. The first-order chi connectivity index (χ1) is 9.11. The van der Waals surface area contributed by atoms with Crippen molar-refractivity contribution in [1.82, 2.24) is 0 Å². The standard InChI is InChI=1S/C14H13Cl2NO2/c15-10-6-3-7-11(12(10)16)17-13(18)8-4-1-2-5-9(8)14(17)19/h3,6-9H,1-2,4-5H2/t8-,9-/m1/s1. The van der Waals surface area contributed by atoms with Crippen molar-refractivity contribution in [3.05, 3.63) is 28.2 Å². The van der Waals surface area contributed by atoms with E-state index in [1.165, 1.54) is 4.90 Å². The Morgan fingerprint density at radius 2 is 1.58 bits per heavy atom. The maximum atomic E-state index is 12.4. The quantitative estimate of drug-likeness (QED) is 0.742. The molecule has 1 saturated heterocycles. The summed E-state index contributed by atoms with van der Waals surface area (Å²) in [6.45, 7) is 0. The smallest absolute Gasteiger partial charge is 0.237 e. The van der Waals surface area contributed by atoms with E-state index >= 15 is 0 Å².